The lowest BCUT2D eigenvalue weighted by Crippen LogP contribution is -2.33. The number of aromatic amines is 1. The molecule has 0 aliphatic carbocycles. The second kappa shape index (κ2) is 21.0. The summed E-state index contributed by atoms with van der Waals surface area (Å²) in [7, 11) is -11.7. The van der Waals surface area contributed by atoms with E-state index in [1.54, 1.807) is 18.2 Å². The number of aryl methyl sites for hydroxylation is 1. The molecule has 0 spiro atoms. The largest absolute Gasteiger partial charge is 0.505 e. The van der Waals surface area contributed by atoms with Crippen LogP contribution in [-0.4, -0.2) is 102 Å². The summed E-state index contributed by atoms with van der Waals surface area (Å²) in [6.07, 6.45) is 0. The third kappa shape index (κ3) is 10.7. The number of fused-ring (bicyclic) bond motifs is 4. The van der Waals surface area contributed by atoms with Crippen LogP contribution in [0.4, 0.5) is 34.1 Å². The lowest BCUT2D eigenvalue weighted by atomic mass is 10.1. The maximum Gasteiger partial charge on any atom is 0.355 e. The molecule has 32 heteroatoms. The van der Waals surface area contributed by atoms with Gasteiger partial charge in [0.1, 0.15) is 44.2 Å². The van der Waals surface area contributed by atoms with Crippen LogP contribution >= 0.6 is 12.0 Å². The number of carbonyl (C=O) groups is 2. The van der Waals surface area contributed by atoms with Crippen LogP contribution in [0.15, 0.2) is 158 Å². The SMILES string of the molecule is COc1ccc(N=Nc2ccc(N=Nc3c(SOOO)cc4c(ccc5nc(-c6ccc(N7N=C(C(=O)O)C(N=Nc8cc(C)c(S(=O)(=O)O)cc8OC)C7=O)cc6)[nH]c54)c3O)c3cc(S(=O)(=O)O)ccc23)c(S(=O)(=O)O)c1. The maximum absolute atomic E-state index is 13.6. The molecule has 0 radical (unpaired) electrons. The minimum absolute atomic E-state index is 0.00648. The van der Waals surface area contributed by atoms with Crippen molar-refractivity contribution >= 4 is 127 Å². The smallest absolute Gasteiger partial charge is 0.355 e. The standard InChI is InChI=1S/C46H34N10O18S4/c1-21-16-34(35(72-3)20-37(21)77(65,66)67)52-54-41-42(46(59)60)55-56(45(41)58)23-6-4-22(5-7-23)44-47-33-13-11-27-29(39(33)48-44)19-36(75-74-73-61)40(43(27)57)53-50-31-15-14-30(26-10-9-25(18-28(26)31)76(62,63)64)49-51-32-12-8-24(71-2)17-38(32)78(68,69)70/h4-20,41,57,61H,1-3H3,(H,47,48)(H,59,60)(H,62,63,64)(H,65,66,67)(H,68,69,70). The van der Waals surface area contributed by atoms with Gasteiger partial charge in [-0.15, -0.1) is 24.8 Å². The molecular weight excluding hydrogens is 1110 g/mol. The number of hydrogen-bond acceptors (Lipinski definition) is 23. The number of azo groups is 3. The van der Waals surface area contributed by atoms with Gasteiger partial charge in [0, 0.05) is 39.2 Å². The summed E-state index contributed by atoms with van der Waals surface area (Å²) >= 11 is 0.411. The fourth-order valence-electron chi connectivity index (χ4n) is 7.95. The Labute approximate surface area is 442 Å². The number of methoxy groups -OCH3 is 2. The fraction of sp³-hybridized carbons (Fsp3) is 0.0870. The number of phenolic OH excluding ortho intramolecular Hbond substituents is 1. The summed E-state index contributed by atoms with van der Waals surface area (Å²) in [6.45, 7) is 1.37. The van der Waals surface area contributed by atoms with Gasteiger partial charge in [-0.1, -0.05) is 11.1 Å². The number of aliphatic carboxylic acids is 1. The number of carboxylic acids is 1. The van der Waals surface area contributed by atoms with E-state index in [1.807, 2.05) is 0 Å². The van der Waals surface area contributed by atoms with Gasteiger partial charge >= 0.3 is 5.97 Å². The summed E-state index contributed by atoms with van der Waals surface area (Å²) < 4.78 is 117. The van der Waals surface area contributed by atoms with E-state index in [0.717, 1.165) is 29.3 Å². The van der Waals surface area contributed by atoms with Crippen molar-refractivity contribution in [3.8, 4) is 28.6 Å². The highest BCUT2D eigenvalue weighted by Crippen LogP contribution is 2.47. The Balaban J connectivity index is 1.03. The quantitative estimate of drug-likeness (QED) is 0.0147. The van der Waals surface area contributed by atoms with Gasteiger partial charge in [0.2, 0.25) is 6.04 Å². The van der Waals surface area contributed by atoms with Crippen LogP contribution in [0, 0.1) is 6.92 Å². The molecule has 1 amide bonds. The zero-order valence-corrected chi connectivity index (χ0v) is 42.9. The van der Waals surface area contributed by atoms with Gasteiger partial charge in [-0.25, -0.2) is 15.0 Å². The molecule has 2 heterocycles. The normalized spacial score (nSPS) is 14.5. The minimum atomic E-state index is -4.80. The number of nitrogens with one attached hydrogen (secondary N) is 1. The van der Waals surface area contributed by atoms with Crippen LogP contribution in [0.5, 0.6) is 17.2 Å². The highest BCUT2D eigenvalue weighted by molar-refractivity contribution is 7.94. The topological polar surface area (TPSA) is 413 Å². The van der Waals surface area contributed by atoms with Gasteiger partial charge < -0.3 is 24.7 Å². The van der Waals surface area contributed by atoms with Crippen molar-refractivity contribution in [1.29, 1.82) is 0 Å². The molecule has 1 unspecified atom stereocenters. The van der Waals surface area contributed by atoms with Gasteiger partial charge in [-0.3, -0.25) is 18.5 Å². The van der Waals surface area contributed by atoms with E-state index >= 15 is 0 Å². The number of hydrazone groups is 1. The number of amides is 1. The molecule has 1 aliphatic rings. The molecule has 1 atom stereocenters. The lowest BCUT2D eigenvalue weighted by molar-refractivity contribution is -0.432. The van der Waals surface area contributed by atoms with Gasteiger partial charge in [0.25, 0.3) is 36.3 Å². The molecule has 0 bridgehead atoms. The van der Waals surface area contributed by atoms with Crippen molar-refractivity contribution in [3.63, 3.8) is 0 Å². The minimum Gasteiger partial charge on any atom is -0.505 e. The van der Waals surface area contributed by atoms with E-state index in [9.17, 15) is 58.7 Å². The van der Waals surface area contributed by atoms with Gasteiger partial charge in [0.05, 0.1) is 64.1 Å². The molecule has 78 heavy (non-hydrogen) atoms. The lowest BCUT2D eigenvalue weighted by Gasteiger charge is -2.13. The molecule has 7 N–H and O–H groups in total. The van der Waals surface area contributed by atoms with Crippen LogP contribution in [0.2, 0.25) is 0 Å². The van der Waals surface area contributed by atoms with Crippen LogP contribution < -0.4 is 14.5 Å². The first-order chi connectivity index (χ1) is 37.0. The Hall–Kier alpha value is -8.70. The monoisotopic (exact) mass is 1140 g/mol. The van der Waals surface area contributed by atoms with Crippen molar-refractivity contribution in [2.75, 3.05) is 19.2 Å². The first-order valence-electron chi connectivity index (χ1n) is 21.7. The zero-order valence-electron chi connectivity index (χ0n) is 39.6. The Bertz CT molecular complexity index is 4310. The summed E-state index contributed by atoms with van der Waals surface area (Å²) in [5.41, 5.74) is 0.170. The number of imidazole rings is 1. The number of phenols is 1. The van der Waals surface area contributed by atoms with Crippen molar-refractivity contribution in [2.24, 2.45) is 35.8 Å². The van der Waals surface area contributed by atoms with Gasteiger partial charge in [-0.05, 0) is 97.4 Å². The molecule has 1 aliphatic heterocycles. The first-order valence-corrected chi connectivity index (χ1v) is 26.7. The average molecular weight is 1140 g/mol. The number of ether oxygens (including phenoxy) is 2. The van der Waals surface area contributed by atoms with E-state index in [2.05, 4.69) is 50.8 Å². The molecule has 0 saturated carbocycles. The third-order valence-corrected chi connectivity index (χ3v) is 14.9. The van der Waals surface area contributed by atoms with Crippen molar-refractivity contribution in [1.82, 2.24) is 9.97 Å². The Kier molecular flexibility index (Phi) is 14.6. The molecule has 1 aromatic heterocycles. The number of nitrogens with zero attached hydrogens (tertiary/aromatic N) is 9. The number of hydrogen-bond donors (Lipinski definition) is 7. The van der Waals surface area contributed by atoms with Crippen LogP contribution in [-0.2, 0) is 49.3 Å². The molecule has 400 valence electrons. The van der Waals surface area contributed by atoms with E-state index in [0.29, 0.717) is 34.0 Å². The Morgan fingerprint density at radius 2 is 1.37 bits per heavy atom. The van der Waals surface area contributed by atoms with E-state index < -0.39 is 74.4 Å². The fourth-order valence-corrected chi connectivity index (χ4v) is 10.3. The van der Waals surface area contributed by atoms with Gasteiger partial charge in [0.15, 0.2) is 11.5 Å². The zero-order chi connectivity index (χ0) is 56.0. The molecule has 0 fully saturated rings. The highest BCUT2D eigenvalue weighted by atomic mass is 32.2. The Morgan fingerprint density at radius 1 is 0.705 bits per heavy atom. The summed E-state index contributed by atoms with van der Waals surface area (Å²) in [5, 5.41) is 64.8. The predicted octanol–water partition coefficient (Wildman–Crippen LogP) is 9.51. The number of H-pyrrole nitrogens is 1. The maximum atomic E-state index is 13.6. The van der Waals surface area contributed by atoms with Crippen LogP contribution in [0.3, 0.4) is 0 Å². The summed E-state index contributed by atoms with van der Waals surface area (Å²) in [6, 6.07) is 20.9. The van der Waals surface area contributed by atoms with Crippen molar-refractivity contribution in [2.45, 2.75) is 32.5 Å². The molecule has 0 saturated heterocycles. The van der Waals surface area contributed by atoms with Crippen LogP contribution in [0.1, 0.15) is 5.56 Å². The number of aromatic hydroxyl groups is 1. The Morgan fingerprint density at radius 3 is 2.03 bits per heavy atom. The second-order valence-corrected chi connectivity index (χ2v) is 21.2. The van der Waals surface area contributed by atoms with Crippen molar-refractivity contribution in [3.05, 3.63) is 109 Å². The summed E-state index contributed by atoms with van der Waals surface area (Å²) in [4.78, 5) is 32.1. The van der Waals surface area contributed by atoms with E-state index in [1.165, 1.54) is 81.8 Å². The molecule has 8 aromatic rings. The van der Waals surface area contributed by atoms with E-state index in [-0.39, 0.29) is 78.1 Å². The molecular formula is C46H34N10O18S4. The number of rotatable bonds is 17. The third-order valence-electron chi connectivity index (χ3n) is 11.6. The van der Waals surface area contributed by atoms with Crippen LogP contribution in [0.25, 0.3) is 44.0 Å². The van der Waals surface area contributed by atoms with Crippen molar-refractivity contribution < 1.29 is 82.8 Å². The second-order valence-electron chi connectivity index (χ2n) is 16.3. The van der Waals surface area contributed by atoms with E-state index in [4.69, 9.17) is 19.1 Å². The molecule has 7 aromatic carbocycles. The number of benzene rings is 7. The average Bonchev–Trinajstić information content (AvgIpc) is 4.12. The first kappa shape index (κ1) is 54.1. The summed E-state index contributed by atoms with van der Waals surface area (Å²) in [5.74, 6) is -2.70. The number of carboxylic acid groups (broad SMARTS) is 1. The number of aromatic nitrogens is 2. The number of carbonyl (C=O) groups excluding carboxylic acids is 1. The number of anilines is 1. The predicted molar refractivity (Wildman–Crippen MR) is 275 cm³/mol. The van der Waals surface area contributed by atoms with Gasteiger partial charge in [-0.2, -0.15) is 45.6 Å². The highest BCUT2D eigenvalue weighted by Gasteiger charge is 2.41. The molecule has 28 nitrogen and oxygen atoms in total. The molecule has 9 rings (SSSR count).